The van der Waals surface area contributed by atoms with E-state index in [0.717, 1.165) is 11.3 Å². The second-order valence-corrected chi connectivity index (χ2v) is 6.00. The number of benzene rings is 2. The number of carbonyl (C=O) groups excluding carboxylic acids is 2. The predicted molar refractivity (Wildman–Crippen MR) is 105 cm³/mol. The SMILES string of the molecule is CC(=O)Nc1ccc(Nc2ncc(C(=O)Nc3ccc(C)cc3)cn2)cc1. The second kappa shape index (κ2) is 8.09. The molecule has 0 fully saturated rings. The van der Waals surface area contributed by atoms with Crippen LogP contribution in [0.5, 0.6) is 0 Å². The average Bonchev–Trinajstić information content (AvgIpc) is 2.65. The van der Waals surface area contributed by atoms with Gasteiger partial charge in [-0.25, -0.2) is 9.97 Å². The number of carbonyl (C=O) groups is 2. The van der Waals surface area contributed by atoms with Crippen LogP contribution in [0.2, 0.25) is 0 Å². The minimum atomic E-state index is -0.273. The summed E-state index contributed by atoms with van der Waals surface area (Å²) in [6.45, 7) is 3.44. The van der Waals surface area contributed by atoms with Crippen LogP contribution < -0.4 is 16.0 Å². The normalized spacial score (nSPS) is 10.1. The first-order valence-electron chi connectivity index (χ1n) is 8.34. The molecule has 0 saturated heterocycles. The van der Waals surface area contributed by atoms with Gasteiger partial charge in [-0.1, -0.05) is 17.7 Å². The van der Waals surface area contributed by atoms with Crippen molar-refractivity contribution in [2.75, 3.05) is 16.0 Å². The Kier molecular flexibility index (Phi) is 5.41. The fourth-order valence-corrected chi connectivity index (χ4v) is 2.32. The zero-order valence-electron chi connectivity index (χ0n) is 15.0. The number of nitrogens with one attached hydrogen (secondary N) is 3. The van der Waals surface area contributed by atoms with Gasteiger partial charge in [-0.05, 0) is 43.3 Å². The molecule has 7 nitrogen and oxygen atoms in total. The van der Waals surface area contributed by atoms with Gasteiger partial charge in [0, 0.05) is 36.4 Å². The largest absolute Gasteiger partial charge is 0.326 e. The van der Waals surface area contributed by atoms with Crippen molar-refractivity contribution in [3.05, 3.63) is 72.1 Å². The molecule has 0 atom stereocenters. The second-order valence-electron chi connectivity index (χ2n) is 6.00. The van der Waals surface area contributed by atoms with Crippen LogP contribution in [0.25, 0.3) is 0 Å². The Morgan fingerprint density at radius 1 is 0.778 bits per heavy atom. The highest BCUT2D eigenvalue weighted by Crippen LogP contribution is 2.17. The van der Waals surface area contributed by atoms with Gasteiger partial charge < -0.3 is 16.0 Å². The maximum atomic E-state index is 12.2. The number of hydrogen-bond acceptors (Lipinski definition) is 5. The van der Waals surface area contributed by atoms with E-state index in [4.69, 9.17) is 0 Å². The first-order chi connectivity index (χ1) is 13.0. The summed E-state index contributed by atoms with van der Waals surface area (Å²) in [5, 5.41) is 8.54. The van der Waals surface area contributed by atoms with E-state index in [1.807, 2.05) is 31.2 Å². The molecular formula is C20H19N5O2. The zero-order chi connectivity index (χ0) is 19.2. The number of aromatic nitrogens is 2. The van der Waals surface area contributed by atoms with Gasteiger partial charge in [0.25, 0.3) is 5.91 Å². The molecule has 136 valence electrons. The summed E-state index contributed by atoms with van der Waals surface area (Å²) in [4.78, 5) is 31.6. The Labute approximate surface area is 156 Å². The lowest BCUT2D eigenvalue weighted by atomic mass is 10.2. The summed E-state index contributed by atoms with van der Waals surface area (Å²) in [6, 6.07) is 14.7. The van der Waals surface area contributed by atoms with Crippen LogP contribution in [0.15, 0.2) is 60.9 Å². The van der Waals surface area contributed by atoms with Gasteiger partial charge in [0.15, 0.2) is 0 Å². The van der Waals surface area contributed by atoms with Crippen molar-refractivity contribution in [3.8, 4) is 0 Å². The third-order valence-electron chi connectivity index (χ3n) is 3.68. The molecule has 3 N–H and O–H groups in total. The molecule has 0 unspecified atom stereocenters. The van der Waals surface area contributed by atoms with Crippen molar-refractivity contribution in [3.63, 3.8) is 0 Å². The predicted octanol–water partition coefficient (Wildman–Crippen LogP) is 3.74. The highest BCUT2D eigenvalue weighted by molar-refractivity contribution is 6.03. The van der Waals surface area contributed by atoms with Crippen molar-refractivity contribution in [1.29, 1.82) is 0 Å². The Morgan fingerprint density at radius 2 is 1.30 bits per heavy atom. The van der Waals surface area contributed by atoms with Crippen LogP contribution >= 0.6 is 0 Å². The van der Waals surface area contributed by atoms with Gasteiger partial charge in [0.05, 0.1) is 5.56 Å². The van der Waals surface area contributed by atoms with Crippen LogP contribution in [-0.2, 0) is 4.79 Å². The Balaban J connectivity index is 1.61. The molecule has 0 radical (unpaired) electrons. The van der Waals surface area contributed by atoms with Crippen LogP contribution in [0.4, 0.5) is 23.0 Å². The Hall–Kier alpha value is -3.74. The smallest absolute Gasteiger partial charge is 0.258 e. The molecule has 0 spiro atoms. The number of anilines is 4. The van der Waals surface area contributed by atoms with Gasteiger partial charge in [0.1, 0.15) is 0 Å². The van der Waals surface area contributed by atoms with E-state index >= 15 is 0 Å². The van der Waals surface area contributed by atoms with Gasteiger partial charge >= 0.3 is 0 Å². The number of hydrogen-bond donors (Lipinski definition) is 3. The third kappa shape index (κ3) is 5.12. The molecule has 27 heavy (non-hydrogen) atoms. The summed E-state index contributed by atoms with van der Waals surface area (Å²) < 4.78 is 0. The molecule has 2 amide bonds. The number of amides is 2. The quantitative estimate of drug-likeness (QED) is 0.643. The Morgan fingerprint density at radius 3 is 1.89 bits per heavy atom. The van der Waals surface area contributed by atoms with Crippen molar-refractivity contribution in [1.82, 2.24) is 9.97 Å². The van der Waals surface area contributed by atoms with Gasteiger partial charge in [0.2, 0.25) is 11.9 Å². The van der Waals surface area contributed by atoms with Crippen LogP contribution in [0, 0.1) is 6.92 Å². The van der Waals surface area contributed by atoms with Crippen molar-refractivity contribution in [2.45, 2.75) is 13.8 Å². The summed E-state index contributed by atoms with van der Waals surface area (Å²) in [5.41, 5.74) is 3.67. The first kappa shape index (κ1) is 18.1. The monoisotopic (exact) mass is 361 g/mol. The molecule has 3 aromatic rings. The van der Waals surface area contributed by atoms with Gasteiger partial charge in [-0.2, -0.15) is 0 Å². The first-order valence-corrected chi connectivity index (χ1v) is 8.34. The number of rotatable bonds is 5. The van der Waals surface area contributed by atoms with Crippen molar-refractivity contribution in [2.24, 2.45) is 0 Å². The van der Waals surface area contributed by atoms with E-state index in [1.165, 1.54) is 19.3 Å². The fraction of sp³-hybridized carbons (Fsp3) is 0.100. The van der Waals surface area contributed by atoms with Crippen molar-refractivity contribution >= 4 is 34.8 Å². The van der Waals surface area contributed by atoms with E-state index in [1.54, 1.807) is 24.3 Å². The molecule has 1 heterocycles. The molecule has 0 bridgehead atoms. The molecule has 1 aromatic heterocycles. The van der Waals surface area contributed by atoms with E-state index in [-0.39, 0.29) is 11.8 Å². The van der Waals surface area contributed by atoms with Gasteiger partial charge in [-0.3, -0.25) is 9.59 Å². The summed E-state index contributed by atoms with van der Waals surface area (Å²) in [7, 11) is 0. The molecule has 7 heteroatoms. The molecule has 2 aromatic carbocycles. The molecular weight excluding hydrogens is 342 g/mol. The molecule has 0 saturated carbocycles. The standard InChI is InChI=1S/C20H19N5O2/c1-13-3-5-17(6-4-13)24-19(27)15-11-21-20(22-12-15)25-18-9-7-16(8-10-18)23-14(2)26/h3-12H,1-2H3,(H,23,26)(H,24,27)(H,21,22,25). The maximum absolute atomic E-state index is 12.2. The summed E-state index contributed by atoms with van der Waals surface area (Å²) >= 11 is 0. The van der Waals surface area contributed by atoms with E-state index in [9.17, 15) is 9.59 Å². The third-order valence-corrected chi connectivity index (χ3v) is 3.68. The highest BCUT2D eigenvalue weighted by atomic mass is 16.2. The van der Waals surface area contributed by atoms with E-state index in [0.29, 0.717) is 22.9 Å². The van der Waals surface area contributed by atoms with E-state index in [2.05, 4.69) is 25.9 Å². The zero-order valence-corrected chi connectivity index (χ0v) is 15.0. The van der Waals surface area contributed by atoms with Crippen LogP contribution in [0.3, 0.4) is 0 Å². The van der Waals surface area contributed by atoms with E-state index < -0.39 is 0 Å². The van der Waals surface area contributed by atoms with Crippen LogP contribution in [-0.4, -0.2) is 21.8 Å². The highest BCUT2D eigenvalue weighted by Gasteiger charge is 2.08. The lowest BCUT2D eigenvalue weighted by Gasteiger charge is -2.08. The van der Waals surface area contributed by atoms with Gasteiger partial charge in [-0.15, -0.1) is 0 Å². The fourth-order valence-electron chi connectivity index (χ4n) is 2.32. The molecule has 0 aliphatic rings. The number of nitrogens with zero attached hydrogens (tertiary/aromatic N) is 2. The van der Waals surface area contributed by atoms with Crippen molar-refractivity contribution < 1.29 is 9.59 Å². The lowest BCUT2D eigenvalue weighted by molar-refractivity contribution is -0.114. The molecule has 0 aliphatic carbocycles. The maximum Gasteiger partial charge on any atom is 0.258 e. The lowest BCUT2D eigenvalue weighted by Crippen LogP contribution is -2.13. The number of aryl methyl sites for hydroxylation is 1. The summed E-state index contributed by atoms with van der Waals surface area (Å²) in [6.07, 6.45) is 2.93. The average molecular weight is 361 g/mol. The minimum Gasteiger partial charge on any atom is -0.326 e. The minimum absolute atomic E-state index is 0.126. The topological polar surface area (TPSA) is 96.0 Å². The summed E-state index contributed by atoms with van der Waals surface area (Å²) in [5.74, 6) is -0.0298. The Bertz CT molecular complexity index is 936. The molecule has 0 aliphatic heterocycles. The molecule has 3 rings (SSSR count). The van der Waals surface area contributed by atoms with Crippen LogP contribution in [0.1, 0.15) is 22.8 Å².